The van der Waals surface area contributed by atoms with Gasteiger partial charge in [0.25, 0.3) is 0 Å². The van der Waals surface area contributed by atoms with Gasteiger partial charge in [0, 0.05) is 0 Å². The molecule has 138 valence electrons. The SMILES string of the molecule is CCCB1OC(C)(C)C(C)(CCC2(C)OB(C(C)C)OC2(C)C)O1. The lowest BCUT2D eigenvalue weighted by molar-refractivity contribution is -0.0576. The lowest BCUT2D eigenvalue weighted by Crippen LogP contribution is -2.50. The van der Waals surface area contributed by atoms with Crippen molar-refractivity contribution in [2.24, 2.45) is 0 Å². The molecule has 2 fully saturated rings. The van der Waals surface area contributed by atoms with Crippen molar-refractivity contribution in [3.05, 3.63) is 0 Å². The summed E-state index contributed by atoms with van der Waals surface area (Å²) in [6.07, 6.45) is 3.77. The van der Waals surface area contributed by atoms with Gasteiger partial charge in [-0.25, -0.2) is 0 Å². The molecule has 0 spiro atoms. The van der Waals surface area contributed by atoms with Crippen LogP contribution in [0.2, 0.25) is 12.1 Å². The first-order valence-electron chi connectivity index (χ1n) is 9.57. The molecule has 0 aromatic heterocycles. The molecule has 2 saturated heterocycles. The highest BCUT2D eigenvalue weighted by Crippen LogP contribution is 2.47. The molecule has 2 aliphatic rings. The van der Waals surface area contributed by atoms with Crippen molar-refractivity contribution < 1.29 is 18.6 Å². The van der Waals surface area contributed by atoms with Gasteiger partial charge in [-0.15, -0.1) is 0 Å². The number of hydrogen-bond acceptors (Lipinski definition) is 4. The van der Waals surface area contributed by atoms with Gasteiger partial charge in [0.05, 0.1) is 22.4 Å². The van der Waals surface area contributed by atoms with Gasteiger partial charge in [0.15, 0.2) is 0 Å². The van der Waals surface area contributed by atoms with Crippen LogP contribution < -0.4 is 0 Å². The molecule has 0 aliphatic carbocycles. The number of hydrogen-bond donors (Lipinski definition) is 0. The first-order valence-corrected chi connectivity index (χ1v) is 9.57. The van der Waals surface area contributed by atoms with E-state index in [2.05, 4.69) is 62.3 Å². The Morgan fingerprint density at radius 1 is 0.750 bits per heavy atom. The molecule has 2 rings (SSSR count). The third kappa shape index (κ3) is 3.58. The molecule has 0 aromatic rings. The van der Waals surface area contributed by atoms with Gasteiger partial charge in [0.2, 0.25) is 0 Å². The normalized spacial score (nSPS) is 35.2. The lowest BCUT2D eigenvalue weighted by atomic mass is 9.74. The van der Waals surface area contributed by atoms with Crippen molar-refractivity contribution >= 4 is 14.2 Å². The Hall–Kier alpha value is -0.0301. The second-order valence-corrected chi connectivity index (χ2v) is 9.28. The molecule has 0 radical (unpaired) electrons. The highest BCUT2D eigenvalue weighted by atomic mass is 16.7. The Balaban J connectivity index is 2.08. The Kier molecular flexibility index (Phi) is 5.58. The van der Waals surface area contributed by atoms with Crippen molar-refractivity contribution in [2.45, 2.75) is 116 Å². The summed E-state index contributed by atoms with van der Waals surface area (Å²) in [5.41, 5.74) is -1.26. The summed E-state index contributed by atoms with van der Waals surface area (Å²) in [5, 5.41) is 0. The summed E-state index contributed by atoms with van der Waals surface area (Å²) >= 11 is 0. The summed E-state index contributed by atoms with van der Waals surface area (Å²) in [6, 6.07) is 0. The maximum atomic E-state index is 6.35. The molecular formula is C18H36B2O4. The maximum Gasteiger partial charge on any atom is 0.460 e. The van der Waals surface area contributed by atoms with Gasteiger partial charge in [-0.3, -0.25) is 0 Å². The van der Waals surface area contributed by atoms with Crippen LogP contribution in [0.4, 0.5) is 0 Å². The molecule has 0 bridgehead atoms. The zero-order chi connectivity index (χ0) is 18.4. The first kappa shape index (κ1) is 20.3. The van der Waals surface area contributed by atoms with Gasteiger partial charge in [0.1, 0.15) is 0 Å². The molecule has 24 heavy (non-hydrogen) atoms. The van der Waals surface area contributed by atoms with Crippen LogP contribution in [0.15, 0.2) is 0 Å². The van der Waals surface area contributed by atoms with E-state index in [4.69, 9.17) is 18.6 Å². The molecule has 2 aliphatic heterocycles. The Bertz CT molecular complexity index is 454. The molecule has 4 nitrogen and oxygen atoms in total. The van der Waals surface area contributed by atoms with E-state index in [0.29, 0.717) is 5.82 Å². The van der Waals surface area contributed by atoms with Crippen LogP contribution in [0.3, 0.4) is 0 Å². The van der Waals surface area contributed by atoms with Crippen LogP contribution in [0, 0.1) is 0 Å². The van der Waals surface area contributed by atoms with Crippen molar-refractivity contribution in [1.29, 1.82) is 0 Å². The average Bonchev–Trinajstić information content (AvgIpc) is 2.80. The third-order valence-corrected chi connectivity index (χ3v) is 6.30. The standard InChI is InChI=1S/C18H36B2O4/c1-10-13-19-21-15(4,5)17(8,23-19)11-12-18(9)16(6,7)22-20(24-18)14(2)3/h14H,10-13H2,1-9H3. The molecule has 2 unspecified atom stereocenters. The van der Waals surface area contributed by atoms with Crippen LogP contribution in [-0.2, 0) is 18.6 Å². The smallest absolute Gasteiger partial charge is 0.403 e. The van der Waals surface area contributed by atoms with Crippen LogP contribution in [0.5, 0.6) is 0 Å². The average molecular weight is 338 g/mol. The summed E-state index contributed by atoms with van der Waals surface area (Å²) in [6.45, 7) is 19.3. The van der Waals surface area contributed by atoms with Crippen molar-refractivity contribution in [2.75, 3.05) is 0 Å². The Morgan fingerprint density at radius 3 is 1.71 bits per heavy atom. The topological polar surface area (TPSA) is 36.9 Å². The minimum atomic E-state index is -0.326. The lowest BCUT2D eigenvalue weighted by Gasteiger charge is -2.42. The fraction of sp³-hybridized carbons (Fsp3) is 1.00. The van der Waals surface area contributed by atoms with E-state index in [9.17, 15) is 0 Å². The maximum absolute atomic E-state index is 6.35. The van der Waals surface area contributed by atoms with E-state index in [1.54, 1.807) is 0 Å². The summed E-state index contributed by atoms with van der Waals surface area (Å²) in [4.78, 5) is 0. The van der Waals surface area contributed by atoms with E-state index in [-0.39, 0.29) is 36.6 Å². The van der Waals surface area contributed by atoms with Crippen LogP contribution in [0.25, 0.3) is 0 Å². The van der Waals surface area contributed by atoms with E-state index in [1.165, 1.54) is 0 Å². The van der Waals surface area contributed by atoms with Crippen molar-refractivity contribution in [1.82, 2.24) is 0 Å². The molecule has 0 amide bonds. The monoisotopic (exact) mass is 338 g/mol. The second kappa shape index (κ2) is 6.61. The Labute approximate surface area is 149 Å². The zero-order valence-corrected chi connectivity index (χ0v) is 17.2. The minimum Gasteiger partial charge on any atom is -0.403 e. The summed E-state index contributed by atoms with van der Waals surface area (Å²) in [5.74, 6) is 0.345. The van der Waals surface area contributed by atoms with E-state index >= 15 is 0 Å². The molecule has 2 atom stereocenters. The van der Waals surface area contributed by atoms with Gasteiger partial charge in [-0.05, 0) is 66.5 Å². The van der Waals surface area contributed by atoms with Gasteiger partial charge >= 0.3 is 14.2 Å². The highest BCUT2D eigenvalue weighted by molar-refractivity contribution is 6.47. The van der Waals surface area contributed by atoms with Crippen LogP contribution in [-0.4, -0.2) is 36.6 Å². The predicted octanol–water partition coefficient (Wildman–Crippen LogP) is 4.73. The Morgan fingerprint density at radius 2 is 1.25 bits per heavy atom. The number of rotatable bonds is 6. The second-order valence-electron chi connectivity index (χ2n) is 9.28. The zero-order valence-electron chi connectivity index (χ0n) is 17.2. The van der Waals surface area contributed by atoms with Gasteiger partial charge in [-0.1, -0.05) is 27.2 Å². The summed E-state index contributed by atoms with van der Waals surface area (Å²) in [7, 11) is -0.237. The third-order valence-electron chi connectivity index (χ3n) is 6.30. The first-order chi connectivity index (χ1) is 10.9. The molecular weight excluding hydrogens is 302 g/mol. The van der Waals surface area contributed by atoms with Gasteiger partial charge in [-0.2, -0.15) is 0 Å². The van der Waals surface area contributed by atoms with Crippen LogP contribution >= 0.6 is 0 Å². The molecule has 0 aromatic carbocycles. The van der Waals surface area contributed by atoms with Crippen molar-refractivity contribution in [3.63, 3.8) is 0 Å². The molecule has 0 N–H and O–H groups in total. The highest BCUT2D eigenvalue weighted by Gasteiger charge is 2.58. The van der Waals surface area contributed by atoms with E-state index in [0.717, 1.165) is 25.6 Å². The van der Waals surface area contributed by atoms with Gasteiger partial charge < -0.3 is 18.6 Å². The fourth-order valence-corrected chi connectivity index (χ4v) is 3.57. The molecule has 6 heteroatoms. The molecule has 2 heterocycles. The largest absolute Gasteiger partial charge is 0.460 e. The van der Waals surface area contributed by atoms with Crippen molar-refractivity contribution in [3.8, 4) is 0 Å². The van der Waals surface area contributed by atoms with E-state index < -0.39 is 0 Å². The predicted molar refractivity (Wildman–Crippen MR) is 100 cm³/mol. The molecule has 0 saturated carbocycles. The quantitative estimate of drug-likeness (QED) is 0.656. The van der Waals surface area contributed by atoms with Crippen LogP contribution in [0.1, 0.15) is 81.6 Å². The fourth-order valence-electron chi connectivity index (χ4n) is 3.57. The summed E-state index contributed by atoms with van der Waals surface area (Å²) < 4.78 is 25.0. The van der Waals surface area contributed by atoms with E-state index in [1.807, 2.05) is 0 Å². The minimum absolute atomic E-state index is 0.0972.